The zero-order valence-electron chi connectivity index (χ0n) is 16.3. The number of thioether (sulfide) groups is 1. The van der Waals surface area contributed by atoms with Crippen molar-refractivity contribution in [1.29, 1.82) is 0 Å². The van der Waals surface area contributed by atoms with Crippen molar-refractivity contribution in [1.82, 2.24) is 15.5 Å². The molecule has 1 atom stereocenters. The molecule has 3 aromatic carbocycles. The van der Waals surface area contributed by atoms with Crippen molar-refractivity contribution in [2.45, 2.75) is 25.1 Å². The summed E-state index contributed by atoms with van der Waals surface area (Å²) in [7, 11) is 0. The van der Waals surface area contributed by atoms with Crippen molar-refractivity contribution in [2.24, 2.45) is 0 Å². The number of benzene rings is 3. The van der Waals surface area contributed by atoms with E-state index in [2.05, 4.69) is 33.7 Å². The van der Waals surface area contributed by atoms with Crippen LogP contribution in [0.25, 0.3) is 22.2 Å². The van der Waals surface area contributed by atoms with E-state index in [1.54, 1.807) is 0 Å². The quantitative estimate of drug-likeness (QED) is 0.450. The van der Waals surface area contributed by atoms with Gasteiger partial charge in [0.15, 0.2) is 0 Å². The summed E-state index contributed by atoms with van der Waals surface area (Å²) in [4.78, 5) is 12.4. The molecule has 0 unspecified atom stereocenters. The SMILES string of the molecule is Cc1cccc(-c2nnc(SCC(=O)N[C@H](C)c3cccc4ccccc34)o2)c1. The second kappa shape index (κ2) is 8.49. The van der Waals surface area contributed by atoms with Crippen LogP contribution in [0.4, 0.5) is 0 Å². The maximum atomic E-state index is 12.4. The zero-order chi connectivity index (χ0) is 20.2. The minimum Gasteiger partial charge on any atom is -0.411 e. The summed E-state index contributed by atoms with van der Waals surface area (Å²) in [5.41, 5.74) is 3.09. The fourth-order valence-electron chi connectivity index (χ4n) is 3.28. The van der Waals surface area contributed by atoms with Gasteiger partial charge in [-0.1, -0.05) is 71.9 Å². The highest BCUT2D eigenvalue weighted by Crippen LogP contribution is 2.26. The summed E-state index contributed by atoms with van der Waals surface area (Å²) in [5, 5.41) is 13.9. The molecule has 0 aliphatic carbocycles. The van der Waals surface area contributed by atoms with Crippen LogP contribution in [0.3, 0.4) is 0 Å². The Morgan fingerprint density at radius 3 is 2.72 bits per heavy atom. The van der Waals surface area contributed by atoms with Crippen LogP contribution in [0, 0.1) is 6.92 Å². The molecule has 0 radical (unpaired) electrons. The molecule has 6 heteroatoms. The molecule has 0 spiro atoms. The average molecular weight is 404 g/mol. The number of aryl methyl sites for hydroxylation is 1. The lowest BCUT2D eigenvalue weighted by Crippen LogP contribution is -2.28. The van der Waals surface area contributed by atoms with Crippen molar-refractivity contribution in [3.63, 3.8) is 0 Å². The summed E-state index contributed by atoms with van der Waals surface area (Å²) in [6.45, 7) is 4.00. The van der Waals surface area contributed by atoms with Crippen molar-refractivity contribution in [2.75, 3.05) is 5.75 Å². The summed E-state index contributed by atoms with van der Waals surface area (Å²) in [6, 6.07) is 22.1. The normalized spacial score (nSPS) is 12.1. The molecule has 0 fully saturated rings. The number of nitrogens with zero attached hydrogens (tertiary/aromatic N) is 2. The van der Waals surface area contributed by atoms with Crippen molar-refractivity contribution in [3.05, 3.63) is 77.9 Å². The number of hydrogen-bond acceptors (Lipinski definition) is 5. The fraction of sp³-hybridized carbons (Fsp3) is 0.174. The Labute approximate surface area is 173 Å². The topological polar surface area (TPSA) is 68.0 Å². The monoisotopic (exact) mass is 403 g/mol. The first kappa shape index (κ1) is 19.2. The van der Waals surface area contributed by atoms with Crippen LogP contribution in [0.5, 0.6) is 0 Å². The third-order valence-corrected chi connectivity index (χ3v) is 5.48. The van der Waals surface area contributed by atoms with Gasteiger partial charge in [0.25, 0.3) is 5.22 Å². The maximum absolute atomic E-state index is 12.4. The van der Waals surface area contributed by atoms with Gasteiger partial charge in [0.05, 0.1) is 11.8 Å². The summed E-state index contributed by atoms with van der Waals surface area (Å²) >= 11 is 1.24. The van der Waals surface area contributed by atoms with E-state index in [-0.39, 0.29) is 17.7 Å². The predicted octanol–water partition coefficient (Wildman–Crippen LogP) is 5.17. The molecule has 1 N–H and O–H groups in total. The second-order valence-corrected chi connectivity index (χ2v) is 7.82. The van der Waals surface area contributed by atoms with E-state index in [4.69, 9.17) is 4.42 Å². The van der Waals surface area contributed by atoms with Crippen LogP contribution in [0.15, 0.2) is 76.4 Å². The Morgan fingerprint density at radius 2 is 1.86 bits per heavy atom. The number of rotatable bonds is 6. The first-order valence-corrected chi connectivity index (χ1v) is 10.4. The van der Waals surface area contributed by atoms with E-state index in [9.17, 15) is 4.79 Å². The molecule has 1 amide bonds. The molecule has 5 nitrogen and oxygen atoms in total. The number of carbonyl (C=O) groups is 1. The van der Waals surface area contributed by atoms with E-state index in [0.717, 1.165) is 27.5 Å². The van der Waals surface area contributed by atoms with Gasteiger partial charge in [0, 0.05) is 5.56 Å². The number of amides is 1. The minimum absolute atomic E-state index is 0.0780. The van der Waals surface area contributed by atoms with Crippen LogP contribution in [-0.4, -0.2) is 21.9 Å². The molecule has 0 bridgehead atoms. The maximum Gasteiger partial charge on any atom is 0.277 e. The van der Waals surface area contributed by atoms with Crippen LogP contribution >= 0.6 is 11.8 Å². The van der Waals surface area contributed by atoms with Gasteiger partial charge in [-0.05, 0) is 42.3 Å². The first-order chi connectivity index (χ1) is 14.1. The van der Waals surface area contributed by atoms with E-state index in [0.29, 0.717) is 11.1 Å². The van der Waals surface area contributed by atoms with Crippen LogP contribution in [-0.2, 0) is 4.79 Å². The molecular formula is C23H21N3O2S. The molecule has 0 aliphatic rings. The van der Waals surface area contributed by atoms with Gasteiger partial charge < -0.3 is 9.73 Å². The van der Waals surface area contributed by atoms with E-state index < -0.39 is 0 Å². The molecule has 0 saturated carbocycles. The Morgan fingerprint density at radius 1 is 1.07 bits per heavy atom. The lowest BCUT2D eigenvalue weighted by molar-refractivity contribution is -0.119. The third-order valence-electron chi connectivity index (χ3n) is 4.67. The molecule has 1 aromatic heterocycles. The molecule has 146 valence electrons. The van der Waals surface area contributed by atoms with Crippen molar-refractivity contribution < 1.29 is 9.21 Å². The average Bonchev–Trinajstić information content (AvgIpc) is 3.21. The van der Waals surface area contributed by atoms with E-state index in [1.807, 2.05) is 62.4 Å². The first-order valence-electron chi connectivity index (χ1n) is 9.40. The van der Waals surface area contributed by atoms with Crippen molar-refractivity contribution in [3.8, 4) is 11.5 Å². The van der Waals surface area contributed by atoms with Gasteiger partial charge in [-0.15, -0.1) is 10.2 Å². The van der Waals surface area contributed by atoms with Crippen LogP contribution < -0.4 is 5.32 Å². The summed E-state index contributed by atoms with van der Waals surface area (Å²) < 4.78 is 5.68. The Balaban J connectivity index is 1.38. The Kier molecular flexibility index (Phi) is 5.62. The highest BCUT2D eigenvalue weighted by Gasteiger charge is 2.15. The van der Waals surface area contributed by atoms with Gasteiger partial charge in [-0.3, -0.25) is 4.79 Å². The third kappa shape index (κ3) is 4.49. The van der Waals surface area contributed by atoms with Crippen molar-refractivity contribution >= 4 is 28.4 Å². The molecule has 29 heavy (non-hydrogen) atoms. The summed E-state index contributed by atoms with van der Waals surface area (Å²) in [6.07, 6.45) is 0. The van der Waals surface area contributed by atoms with Crippen LogP contribution in [0.2, 0.25) is 0 Å². The van der Waals surface area contributed by atoms with E-state index in [1.165, 1.54) is 11.8 Å². The van der Waals surface area contributed by atoms with Crippen LogP contribution in [0.1, 0.15) is 24.1 Å². The minimum atomic E-state index is -0.0975. The van der Waals surface area contributed by atoms with Gasteiger partial charge in [0.1, 0.15) is 0 Å². The molecule has 4 aromatic rings. The standard InChI is InChI=1S/C23H21N3O2S/c1-15-7-5-10-18(13-15)22-25-26-23(28-22)29-14-21(27)24-16(2)19-12-6-9-17-8-3-4-11-20(17)19/h3-13,16H,14H2,1-2H3,(H,24,27)/t16-/m1/s1. The Hall–Kier alpha value is -3.12. The molecule has 4 rings (SSSR count). The lowest BCUT2D eigenvalue weighted by Gasteiger charge is -2.16. The fourth-order valence-corrected chi connectivity index (χ4v) is 3.85. The zero-order valence-corrected chi connectivity index (χ0v) is 17.1. The van der Waals surface area contributed by atoms with Gasteiger partial charge >= 0.3 is 0 Å². The summed E-state index contributed by atoms with van der Waals surface area (Å²) in [5.74, 6) is 0.594. The Bertz CT molecular complexity index is 1150. The van der Waals surface area contributed by atoms with E-state index >= 15 is 0 Å². The number of carbonyl (C=O) groups excluding carboxylic acids is 1. The lowest BCUT2D eigenvalue weighted by atomic mass is 10.00. The largest absolute Gasteiger partial charge is 0.411 e. The highest BCUT2D eigenvalue weighted by molar-refractivity contribution is 7.99. The smallest absolute Gasteiger partial charge is 0.277 e. The van der Waals surface area contributed by atoms with Gasteiger partial charge in [-0.2, -0.15) is 0 Å². The number of aromatic nitrogens is 2. The molecule has 0 aliphatic heterocycles. The highest BCUT2D eigenvalue weighted by atomic mass is 32.2. The molecule has 1 heterocycles. The molecule has 0 saturated heterocycles. The number of fused-ring (bicyclic) bond motifs is 1. The number of hydrogen-bond donors (Lipinski definition) is 1. The van der Waals surface area contributed by atoms with Gasteiger partial charge in [-0.25, -0.2) is 0 Å². The predicted molar refractivity (Wildman–Crippen MR) is 116 cm³/mol. The molecular weight excluding hydrogens is 382 g/mol. The number of nitrogens with one attached hydrogen (secondary N) is 1. The van der Waals surface area contributed by atoms with Gasteiger partial charge in [0.2, 0.25) is 11.8 Å². The second-order valence-electron chi connectivity index (χ2n) is 6.89.